The SMILES string of the molecule is O=C([O-])CC(CO)CC(=O)NCC1CCc2cc(Br)ccc21.[K+]. The molecule has 2 rings (SSSR count). The summed E-state index contributed by atoms with van der Waals surface area (Å²) in [5.41, 5.74) is 2.57. The topological polar surface area (TPSA) is 89.5 Å². The molecule has 7 heteroatoms. The van der Waals surface area contributed by atoms with Gasteiger partial charge >= 0.3 is 51.4 Å². The number of amides is 1. The number of aliphatic hydroxyl groups is 1. The molecular formula is C16H19BrKNO4. The van der Waals surface area contributed by atoms with Crippen LogP contribution in [0.3, 0.4) is 0 Å². The first-order valence-electron chi connectivity index (χ1n) is 7.35. The van der Waals surface area contributed by atoms with Gasteiger partial charge in [0, 0.05) is 35.9 Å². The van der Waals surface area contributed by atoms with Gasteiger partial charge in [0.15, 0.2) is 0 Å². The second-order valence-corrected chi connectivity index (χ2v) is 6.63. The van der Waals surface area contributed by atoms with Gasteiger partial charge in [0.25, 0.3) is 0 Å². The monoisotopic (exact) mass is 407 g/mol. The molecule has 1 aliphatic carbocycles. The van der Waals surface area contributed by atoms with E-state index in [2.05, 4.69) is 33.4 Å². The summed E-state index contributed by atoms with van der Waals surface area (Å²) in [6.07, 6.45) is 1.70. The van der Waals surface area contributed by atoms with Crippen molar-refractivity contribution in [1.82, 2.24) is 5.32 Å². The van der Waals surface area contributed by atoms with Crippen LogP contribution in [-0.2, 0) is 16.0 Å². The van der Waals surface area contributed by atoms with Crippen molar-refractivity contribution >= 4 is 27.8 Å². The zero-order chi connectivity index (χ0) is 16.1. The minimum absolute atomic E-state index is 0. The van der Waals surface area contributed by atoms with Crippen molar-refractivity contribution in [3.63, 3.8) is 0 Å². The summed E-state index contributed by atoms with van der Waals surface area (Å²) < 4.78 is 1.06. The fraction of sp³-hybridized carbons (Fsp3) is 0.500. The summed E-state index contributed by atoms with van der Waals surface area (Å²) in [6.45, 7) is 0.207. The Bertz CT molecular complexity index is 567. The molecule has 2 atom stereocenters. The van der Waals surface area contributed by atoms with Gasteiger partial charge in [0.2, 0.25) is 5.91 Å². The van der Waals surface area contributed by atoms with E-state index < -0.39 is 11.9 Å². The average molecular weight is 408 g/mol. The number of aliphatic carboxylic acids is 1. The Hall–Kier alpha value is 0.236. The molecule has 1 aromatic carbocycles. The van der Waals surface area contributed by atoms with Gasteiger partial charge in [-0.25, -0.2) is 0 Å². The molecule has 1 aromatic rings. The Kier molecular flexibility index (Phi) is 9.51. The van der Waals surface area contributed by atoms with Crippen LogP contribution in [0.4, 0.5) is 0 Å². The number of rotatable bonds is 7. The molecule has 2 unspecified atom stereocenters. The number of benzene rings is 1. The second kappa shape index (κ2) is 10.3. The number of hydrogen-bond acceptors (Lipinski definition) is 4. The number of carbonyl (C=O) groups excluding carboxylic acids is 2. The minimum Gasteiger partial charge on any atom is -0.550 e. The third-order valence-corrected chi connectivity index (χ3v) is 4.53. The van der Waals surface area contributed by atoms with E-state index in [0.29, 0.717) is 12.5 Å². The Balaban J connectivity index is 0.00000264. The largest absolute Gasteiger partial charge is 1.00 e. The number of carboxylic acid groups (broad SMARTS) is 1. The van der Waals surface area contributed by atoms with E-state index in [1.807, 2.05) is 6.07 Å². The molecule has 0 bridgehead atoms. The molecule has 0 fully saturated rings. The number of carbonyl (C=O) groups is 2. The standard InChI is InChI=1S/C16H20BrNO4.K/c17-13-3-4-14-11(7-13)1-2-12(14)8-18-15(20)5-10(9-19)6-16(21)22;/h3-4,7,10,12,19H,1-2,5-6,8-9H2,(H,18,20)(H,21,22);/q;+1/p-1. The maximum atomic E-state index is 11.9. The summed E-state index contributed by atoms with van der Waals surface area (Å²) in [6, 6.07) is 6.19. The first kappa shape index (κ1) is 21.3. The van der Waals surface area contributed by atoms with Gasteiger partial charge in [0.1, 0.15) is 0 Å². The molecule has 0 saturated carbocycles. The van der Waals surface area contributed by atoms with Crippen LogP contribution in [-0.4, -0.2) is 30.1 Å². The van der Waals surface area contributed by atoms with E-state index in [9.17, 15) is 14.7 Å². The molecule has 1 aliphatic rings. The van der Waals surface area contributed by atoms with Crippen molar-refractivity contribution in [3.8, 4) is 0 Å². The number of fused-ring (bicyclic) bond motifs is 1. The maximum Gasteiger partial charge on any atom is 1.00 e. The molecule has 0 heterocycles. The molecule has 2 N–H and O–H groups in total. The van der Waals surface area contributed by atoms with Gasteiger partial charge in [-0.15, -0.1) is 0 Å². The Morgan fingerprint density at radius 2 is 2.13 bits per heavy atom. The van der Waals surface area contributed by atoms with E-state index in [4.69, 9.17) is 5.11 Å². The number of carboxylic acids is 1. The smallest absolute Gasteiger partial charge is 0.550 e. The predicted molar refractivity (Wildman–Crippen MR) is 83.0 cm³/mol. The van der Waals surface area contributed by atoms with E-state index in [1.165, 1.54) is 11.1 Å². The van der Waals surface area contributed by atoms with Gasteiger partial charge in [-0.1, -0.05) is 22.0 Å². The van der Waals surface area contributed by atoms with Gasteiger partial charge in [0.05, 0.1) is 0 Å². The predicted octanol–water partition coefficient (Wildman–Crippen LogP) is -2.26. The van der Waals surface area contributed by atoms with Gasteiger partial charge in [-0.3, -0.25) is 4.79 Å². The molecule has 0 aromatic heterocycles. The molecular weight excluding hydrogens is 389 g/mol. The van der Waals surface area contributed by atoms with Crippen LogP contribution in [0.25, 0.3) is 0 Å². The number of aryl methyl sites for hydroxylation is 1. The van der Waals surface area contributed by atoms with Gasteiger partial charge < -0.3 is 20.3 Å². The maximum absolute atomic E-state index is 11.9. The van der Waals surface area contributed by atoms with Crippen molar-refractivity contribution in [1.29, 1.82) is 0 Å². The number of halogens is 1. The summed E-state index contributed by atoms with van der Waals surface area (Å²) in [5.74, 6) is -1.77. The zero-order valence-corrected chi connectivity index (χ0v) is 17.9. The molecule has 0 aliphatic heterocycles. The first-order valence-corrected chi connectivity index (χ1v) is 8.14. The minimum atomic E-state index is -1.25. The van der Waals surface area contributed by atoms with Crippen LogP contribution in [0.15, 0.2) is 22.7 Å². The third-order valence-electron chi connectivity index (χ3n) is 4.04. The average Bonchev–Trinajstić information content (AvgIpc) is 2.86. The third kappa shape index (κ3) is 6.57. The Morgan fingerprint density at radius 1 is 1.39 bits per heavy atom. The van der Waals surface area contributed by atoms with E-state index >= 15 is 0 Å². The summed E-state index contributed by atoms with van der Waals surface area (Å²) in [4.78, 5) is 22.4. The van der Waals surface area contributed by atoms with Gasteiger partial charge in [-0.2, -0.15) is 0 Å². The molecule has 5 nitrogen and oxygen atoms in total. The zero-order valence-electron chi connectivity index (χ0n) is 13.2. The molecule has 1 amide bonds. The van der Waals surface area contributed by atoms with Crippen LogP contribution in [0.5, 0.6) is 0 Å². The summed E-state index contributed by atoms with van der Waals surface area (Å²) in [7, 11) is 0. The number of hydrogen-bond donors (Lipinski definition) is 2. The van der Waals surface area contributed by atoms with Crippen molar-refractivity contribution in [3.05, 3.63) is 33.8 Å². The van der Waals surface area contributed by atoms with Crippen LogP contribution in [0, 0.1) is 5.92 Å². The number of nitrogens with one attached hydrogen (secondary N) is 1. The molecule has 23 heavy (non-hydrogen) atoms. The fourth-order valence-electron chi connectivity index (χ4n) is 2.89. The van der Waals surface area contributed by atoms with Crippen LogP contribution in [0.1, 0.15) is 36.3 Å². The number of aliphatic hydroxyl groups excluding tert-OH is 1. The second-order valence-electron chi connectivity index (χ2n) is 5.71. The Morgan fingerprint density at radius 3 is 2.78 bits per heavy atom. The summed E-state index contributed by atoms with van der Waals surface area (Å²) in [5, 5.41) is 22.5. The van der Waals surface area contributed by atoms with E-state index in [1.54, 1.807) is 0 Å². The van der Waals surface area contributed by atoms with Crippen LogP contribution < -0.4 is 61.8 Å². The molecule has 0 saturated heterocycles. The van der Waals surface area contributed by atoms with E-state index in [0.717, 1.165) is 17.3 Å². The fourth-order valence-corrected chi connectivity index (χ4v) is 3.30. The normalized spacial score (nSPS) is 17.0. The first-order chi connectivity index (χ1) is 10.5. The van der Waals surface area contributed by atoms with Crippen molar-refractivity contribution < 1.29 is 71.2 Å². The van der Waals surface area contributed by atoms with Crippen LogP contribution in [0.2, 0.25) is 0 Å². The Labute approximate surface area is 186 Å². The molecule has 0 spiro atoms. The quantitative estimate of drug-likeness (QED) is 0.499. The van der Waals surface area contributed by atoms with Crippen molar-refractivity contribution in [2.45, 2.75) is 31.6 Å². The van der Waals surface area contributed by atoms with E-state index in [-0.39, 0.29) is 76.7 Å². The van der Waals surface area contributed by atoms with Crippen molar-refractivity contribution in [2.24, 2.45) is 5.92 Å². The van der Waals surface area contributed by atoms with Crippen LogP contribution >= 0.6 is 15.9 Å². The van der Waals surface area contributed by atoms with Gasteiger partial charge in [-0.05, 0) is 48.4 Å². The summed E-state index contributed by atoms with van der Waals surface area (Å²) >= 11 is 3.46. The molecule has 120 valence electrons. The van der Waals surface area contributed by atoms with Crippen molar-refractivity contribution in [2.75, 3.05) is 13.2 Å². The molecule has 0 radical (unpaired) electrons.